The fraction of sp³-hybridized carbons (Fsp3) is 0.0345. The molecule has 0 spiro atoms. The molecule has 0 aliphatic heterocycles. The van der Waals surface area contributed by atoms with Gasteiger partial charge in [0, 0.05) is 23.9 Å². The highest BCUT2D eigenvalue weighted by Gasteiger charge is 2.20. The van der Waals surface area contributed by atoms with Gasteiger partial charge in [-0.1, -0.05) is 53.8 Å². The van der Waals surface area contributed by atoms with Crippen LogP contribution in [-0.4, -0.2) is 30.4 Å². The van der Waals surface area contributed by atoms with E-state index in [4.69, 9.17) is 21.4 Å². The third-order valence-corrected chi connectivity index (χ3v) is 7.25. The summed E-state index contributed by atoms with van der Waals surface area (Å²) in [4.78, 5) is 30.5. The first-order chi connectivity index (χ1) is 19.0. The lowest BCUT2D eigenvalue weighted by atomic mass is 10.1. The molecule has 0 bridgehead atoms. The van der Waals surface area contributed by atoms with Crippen molar-refractivity contribution in [2.24, 2.45) is 5.73 Å². The predicted molar refractivity (Wildman–Crippen MR) is 150 cm³/mol. The van der Waals surface area contributed by atoms with Crippen molar-refractivity contribution < 1.29 is 4.79 Å². The zero-order valence-corrected chi connectivity index (χ0v) is 21.3. The molecule has 1 amide bonds. The molecule has 39 heavy (non-hydrogen) atoms. The van der Waals surface area contributed by atoms with Gasteiger partial charge in [-0.15, -0.1) is 0 Å². The Labute approximate surface area is 227 Å². The summed E-state index contributed by atoms with van der Waals surface area (Å²) in [5.74, 6) is 0.393. The van der Waals surface area contributed by atoms with Gasteiger partial charge < -0.3 is 11.5 Å². The van der Waals surface area contributed by atoms with Gasteiger partial charge >= 0.3 is 0 Å². The molecule has 0 aliphatic rings. The van der Waals surface area contributed by atoms with Crippen LogP contribution < -0.4 is 11.5 Å². The van der Waals surface area contributed by atoms with Crippen LogP contribution in [0.1, 0.15) is 25.9 Å². The van der Waals surface area contributed by atoms with Crippen molar-refractivity contribution in [3.63, 3.8) is 0 Å². The van der Waals surface area contributed by atoms with Crippen molar-refractivity contribution in [3.05, 3.63) is 106 Å². The second kappa shape index (κ2) is 9.81. The van der Waals surface area contributed by atoms with E-state index in [1.807, 2.05) is 89.5 Å². The lowest BCUT2D eigenvalue weighted by molar-refractivity contribution is 0.100. The molecule has 9 nitrogen and oxygen atoms in total. The molecule has 0 radical (unpaired) electrons. The maximum Gasteiger partial charge on any atom is 0.260 e. The largest absolute Gasteiger partial charge is 0.383 e. The molecule has 4 aromatic heterocycles. The summed E-state index contributed by atoms with van der Waals surface area (Å²) < 4.78 is 1.96. The first-order valence-corrected chi connectivity index (χ1v) is 12.8. The van der Waals surface area contributed by atoms with Gasteiger partial charge in [-0.05, 0) is 42.0 Å². The quantitative estimate of drug-likeness (QED) is 0.317. The molecule has 0 aliphatic carbocycles. The number of thiazole rings is 1. The summed E-state index contributed by atoms with van der Waals surface area (Å²) in [5.41, 5.74) is 17.9. The molecular weight excluding hydrogens is 508 g/mol. The molecule has 2 aromatic carbocycles. The third-order valence-electron chi connectivity index (χ3n) is 6.24. The molecule has 4 N–H and O–H groups in total. The Bertz CT molecular complexity index is 1890. The zero-order valence-electron chi connectivity index (χ0n) is 20.4. The summed E-state index contributed by atoms with van der Waals surface area (Å²) in [7, 11) is 0. The number of hydrogen-bond donors (Lipinski definition) is 2. The van der Waals surface area contributed by atoms with E-state index >= 15 is 0 Å². The Balaban J connectivity index is 1.47. The topological polar surface area (TPSA) is 149 Å². The van der Waals surface area contributed by atoms with Gasteiger partial charge in [-0.3, -0.25) is 9.36 Å². The fourth-order valence-electron chi connectivity index (χ4n) is 4.43. The number of nitrogens with zero attached hydrogens (tertiary/aromatic N) is 6. The molecule has 0 unspecified atom stereocenters. The smallest absolute Gasteiger partial charge is 0.260 e. The number of anilines is 1. The summed E-state index contributed by atoms with van der Waals surface area (Å²) in [6.45, 7) is 0. The van der Waals surface area contributed by atoms with Crippen molar-refractivity contribution in [2.75, 3.05) is 5.73 Å². The van der Waals surface area contributed by atoms with Crippen molar-refractivity contribution in [3.8, 4) is 34.4 Å². The van der Waals surface area contributed by atoms with E-state index in [9.17, 15) is 10.1 Å². The van der Waals surface area contributed by atoms with Crippen LogP contribution in [0.15, 0.2) is 85.1 Å². The average Bonchev–Trinajstić information content (AvgIpc) is 3.55. The van der Waals surface area contributed by atoms with Crippen molar-refractivity contribution in [1.82, 2.24) is 24.5 Å². The number of nitrogen functional groups attached to an aromatic ring is 1. The number of imidazole rings is 1. The molecule has 0 atom stereocenters. The number of nitriles is 1. The van der Waals surface area contributed by atoms with Crippen LogP contribution in [-0.2, 0) is 6.42 Å². The molecule has 0 fully saturated rings. The fourth-order valence-corrected chi connectivity index (χ4v) is 5.16. The summed E-state index contributed by atoms with van der Waals surface area (Å²) in [6, 6.07) is 27.3. The number of pyridine rings is 2. The Morgan fingerprint density at radius 3 is 2.46 bits per heavy atom. The van der Waals surface area contributed by atoms with Crippen LogP contribution in [0.4, 0.5) is 5.82 Å². The molecule has 0 saturated carbocycles. The Morgan fingerprint density at radius 2 is 1.74 bits per heavy atom. The molecule has 188 valence electrons. The second-order valence-electron chi connectivity index (χ2n) is 8.73. The summed E-state index contributed by atoms with van der Waals surface area (Å²) >= 11 is 1.00. The summed E-state index contributed by atoms with van der Waals surface area (Å²) in [6.07, 6.45) is 2.00. The minimum atomic E-state index is -0.593. The monoisotopic (exact) mass is 528 g/mol. The highest BCUT2D eigenvalue weighted by Crippen LogP contribution is 2.32. The molecule has 6 aromatic rings. The SMILES string of the molecule is N#Cc1nc(Cc2ccc(-n3c(-c4cccnc4N)nc4ccc(-c5ccccc5)nc43)cc2)c(C(N)=O)s1. The number of primary amides is 1. The normalized spacial score (nSPS) is 10.9. The third kappa shape index (κ3) is 4.47. The van der Waals surface area contributed by atoms with Crippen molar-refractivity contribution >= 4 is 34.2 Å². The second-order valence-corrected chi connectivity index (χ2v) is 9.73. The van der Waals surface area contributed by atoms with E-state index in [2.05, 4.69) is 9.97 Å². The van der Waals surface area contributed by atoms with Gasteiger partial charge in [0.05, 0.1) is 17.0 Å². The minimum absolute atomic E-state index is 0.208. The number of rotatable bonds is 6. The van der Waals surface area contributed by atoms with Crippen molar-refractivity contribution in [2.45, 2.75) is 6.42 Å². The number of carbonyl (C=O) groups is 1. The van der Waals surface area contributed by atoms with E-state index in [1.54, 1.807) is 6.20 Å². The van der Waals surface area contributed by atoms with E-state index in [1.165, 1.54) is 0 Å². The van der Waals surface area contributed by atoms with Gasteiger partial charge in [0.2, 0.25) is 0 Å². The van der Waals surface area contributed by atoms with Crippen LogP contribution in [0.25, 0.3) is 39.5 Å². The van der Waals surface area contributed by atoms with Crippen molar-refractivity contribution in [1.29, 1.82) is 5.26 Å². The predicted octanol–water partition coefficient (Wildman–Crippen LogP) is 4.75. The van der Waals surface area contributed by atoms with E-state index in [-0.39, 0.29) is 5.01 Å². The van der Waals surface area contributed by atoms with Gasteiger partial charge in [0.1, 0.15) is 22.3 Å². The number of aromatic nitrogens is 5. The van der Waals surface area contributed by atoms with Gasteiger partial charge in [0.25, 0.3) is 5.91 Å². The van der Waals surface area contributed by atoms with E-state index in [0.29, 0.717) is 39.8 Å². The van der Waals surface area contributed by atoms with E-state index in [0.717, 1.165) is 39.4 Å². The van der Waals surface area contributed by atoms with Crippen LogP contribution in [0.3, 0.4) is 0 Å². The maximum atomic E-state index is 11.9. The van der Waals surface area contributed by atoms with Gasteiger partial charge in [-0.2, -0.15) is 5.26 Å². The molecular formula is C29H20N8OS. The number of benzene rings is 2. The number of amides is 1. The zero-order chi connectivity index (χ0) is 26.9. The van der Waals surface area contributed by atoms with Gasteiger partial charge in [0.15, 0.2) is 16.5 Å². The van der Waals surface area contributed by atoms with E-state index < -0.39 is 5.91 Å². The Kier molecular flexibility index (Phi) is 6.03. The Morgan fingerprint density at radius 1 is 0.949 bits per heavy atom. The lowest BCUT2D eigenvalue weighted by Crippen LogP contribution is -2.11. The number of fused-ring (bicyclic) bond motifs is 1. The molecule has 0 saturated heterocycles. The minimum Gasteiger partial charge on any atom is -0.383 e. The standard InChI is InChI=1S/C29H20N8OS/c30-16-24-34-23(25(39-24)27(32)38)15-17-8-10-19(11-9-17)37-28(20-7-4-14-33-26(20)31)36-22-13-12-21(35-29(22)37)18-5-2-1-3-6-18/h1-14H,15H2,(H2,31,33)(H2,32,38). The van der Waals surface area contributed by atoms with Crippen LogP contribution in [0, 0.1) is 11.3 Å². The lowest BCUT2D eigenvalue weighted by Gasteiger charge is -2.11. The average molecular weight is 529 g/mol. The van der Waals surface area contributed by atoms with Gasteiger partial charge in [-0.25, -0.2) is 19.9 Å². The number of hydrogen-bond acceptors (Lipinski definition) is 8. The number of carbonyl (C=O) groups excluding carboxylic acids is 1. The first-order valence-electron chi connectivity index (χ1n) is 12.0. The van der Waals surface area contributed by atoms with Crippen LogP contribution >= 0.6 is 11.3 Å². The Hall–Kier alpha value is -5.40. The highest BCUT2D eigenvalue weighted by atomic mass is 32.1. The summed E-state index contributed by atoms with van der Waals surface area (Å²) in [5, 5.41) is 9.41. The van der Waals surface area contributed by atoms with Crippen LogP contribution in [0.5, 0.6) is 0 Å². The molecule has 10 heteroatoms. The number of nitrogens with two attached hydrogens (primary N) is 2. The maximum absolute atomic E-state index is 11.9. The van der Waals surface area contributed by atoms with Crippen LogP contribution in [0.2, 0.25) is 0 Å². The first kappa shape index (κ1) is 24.0. The molecule has 4 heterocycles. The highest BCUT2D eigenvalue weighted by molar-refractivity contribution is 7.14. The molecule has 6 rings (SSSR count).